The summed E-state index contributed by atoms with van der Waals surface area (Å²) in [5, 5.41) is 14.2. The van der Waals surface area contributed by atoms with Gasteiger partial charge in [0.05, 0.1) is 44.2 Å². The lowest BCUT2D eigenvalue weighted by Crippen LogP contribution is -2.60. The molecule has 2 aromatic heterocycles. The maximum Gasteiger partial charge on any atom is 0.490 e. The first kappa shape index (κ1) is 31.5. The Bertz CT molecular complexity index is 1060. The van der Waals surface area contributed by atoms with Gasteiger partial charge in [-0.3, -0.25) is 14.7 Å². The van der Waals surface area contributed by atoms with Gasteiger partial charge in [-0.25, -0.2) is 9.59 Å². The fourth-order valence-corrected chi connectivity index (χ4v) is 3.41. The summed E-state index contributed by atoms with van der Waals surface area (Å²) in [6.45, 7) is 3.91. The SMILES string of the molecule is O=C(O)C(F)(F)F.O=C(O)C(F)(F)F.O=C1COC2(COCCN(Cc3ccoc3)C2)CN1c1cccnc1. The van der Waals surface area contributed by atoms with E-state index in [1.807, 2.05) is 18.2 Å². The minimum atomic E-state index is -5.08. The van der Waals surface area contributed by atoms with Crippen molar-refractivity contribution < 1.29 is 64.8 Å². The van der Waals surface area contributed by atoms with E-state index < -0.39 is 29.9 Å². The molecule has 2 N–H and O–H groups in total. The van der Waals surface area contributed by atoms with Crippen LogP contribution in [0.5, 0.6) is 0 Å². The number of carboxylic acids is 2. The van der Waals surface area contributed by atoms with Gasteiger partial charge in [0.25, 0.3) is 5.91 Å². The van der Waals surface area contributed by atoms with Crippen LogP contribution in [-0.4, -0.2) is 95.4 Å². The van der Waals surface area contributed by atoms with E-state index in [9.17, 15) is 31.1 Å². The molecule has 2 saturated heterocycles. The van der Waals surface area contributed by atoms with Crippen LogP contribution in [0.15, 0.2) is 47.5 Å². The largest absolute Gasteiger partial charge is 0.490 e. The number of ether oxygens (including phenoxy) is 2. The summed E-state index contributed by atoms with van der Waals surface area (Å²) >= 11 is 0. The van der Waals surface area contributed by atoms with Gasteiger partial charge in [0.1, 0.15) is 12.2 Å². The molecule has 4 rings (SSSR count). The Morgan fingerprint density at radius 3 is 2.21 bits per heavy atom. The maximum atomic E-state index is 12.4. The normalized spacial score (nSPS) is 20.3. The number of anilines is 1. The van der Waals surface area contributed by atoms with Crippen LogP contribution in [-0.2, 0) is 30.4 Å². The van der Waals surface area contributed by atoms with E-state index in [-0.39, 0.29) is 12.5 Å². The third kappa shape index (κ3) is 10.2. The van der Waals surface area contributed by atoms with Crippen LogP contribution in [0, 0.1) is 0 Å². The Morgan fingerprint density at radius 2 is 1.69 bits per heavy atom. The summed E-state index contributed by atoms with van der Waals surface area (Å²) in [5.41, 5.74) is 1.37. The number of amides is 1. The summed E-state index contributed by atoms with van der Waals surface area (Å²) in [5.74, 6) is -5.57. The van der Waals surface area contributed by atoms with E-state index >= 15 is 0 Å². The molecule has 0 aromatic carbocycles. The molecule has 0 radical (unpaired) electrons. The van der Waals surface area contributed by atoms with Crippen molar-refractivity contribution in [2.24, 2.45) is 0 Å². The lowest BCUT2D eigenvalue weighted by atomic mass is 10.0. The highest BCUT2D eigenvalue weighted by molar-refractivity contribution is 5.95. The quantitative estimate of drug-likeness (QED) is 0.528. The van der Waals surface area contributed by atoms with Gasteiger partial charge in [0.15, 0.2) is 0 Å². The number of carbonyl (C=O) groups is 3. The predicted octanol–water partition coefficient (Wildman–Crippen LogP) is 2.58. The summed E-state index contributed by atoms with van der Waals surface area (Å²) < 4.78 is 80.4. The molecular weight excluding hydrogens is 548 g/mol. The maximum absolute atomic E-state index is 12.4. The summed E-state index contributed by atoms with van der Waals surface area (Å²) in [7, 11) is 0. The number of nitrogens with zero attached hydrogens (tertiary/aromatic N) is 3. The third-order valence-corrected chi connectivity index (χ3v) is 5.11. The predicted molar refractivity (Wildman–Crippen MR) is 117 cm³/mol. The van der Waals surface area contributed by atoms with E-state index in [2.05, 4.69) is 9.88 Å². The molecule has 216 valence electrons. The number of pyridine rings is 1. The fourth-order valence-electron chi connectivity index (χ4n) is 3.41. The highest BCUT2D eigenvalue weighted by Crippen LogP contribution is 2.27. The average Bonchev–Trinajstić information content (AvgIpc) is 3.28. The molecular formula is C22H23F6N3O8. The monoisotopic (exact) mass is 571 g/mol. The Kier molecular flexibility index (Phi) is 10.8. The van der Waals surface area contributed by atoms with Crippen LogP contribution >= 0.6 is 0 Å². The standard InChI is InChI=1S/C18H21N3O4.2C2HF3O2/c22-17-11-25-18(13-21(17)16-2-1-4-19-8-16)12-20(5-7-24-14-18)9-15-3-6-23-10-15;2*3-2(4,5)1(6)7/h1-4,6,8,10H,5,7,9,11-14H2;2*(H,6,7). The molecule has 2 aromatic rings. The lowest BCUT2D eigenvalue weighted by Gasteiger charge is -2.42. The van der Waals surface area contributed by atoms with E-state index in [0.717, 1.165) is 24.3 Å². The number of furan rings is 1. The molecule has 2 aliphatic rings. The van der Waals surface area contributed by atoms with E-state index in [0.29, 0.717) is 26.3 Å². The number of rotatable bonds is 3. The van der Waals surface area contributed by atoms with Gasteiger partial charge >= 0.3 is 24.3 Å². The Labute approximate surface area is 216 Å². The number of halogens is 6. The average molecular weight is 571 g/mol. The fraction of sp³-hybridized carbons (Fsp3) is 0.455. The number of morpholine rings is 1. The lowest BCUT2D eigenvalue weighted by molar-refractivity contribution is -0.193. The van der Waals surface area contributed by atoms with Crippen LogP contribution < -0.4 is 4.90 Å². The van der Waals surface area contributed by atoms with Crippen molar-refractivity contribution in [2.75, 3.05) is 44.4 Å². The first-order valence-electron chi connectivity index (χ1n) is 10.9. The van der Waals surface area contributed by atoms with Crippen LogP contribution in [0.4, 0.5) is 32.0 Å². The first-order chi connectivity index (χ1) is 18.1. The van der Waals surface area contributed by atoms with E-state index in [1.54, 1.807) is 29.8 Å². The van der Waals surface area contributed by atoms with Gasteiger partial charge in [0, 0.05) is 31.4 Å². The molecule has 1 amide bonds. The molecule has 0 aliphatic carbocycles. The minimum Gasteiger partial charge on any atom is -0.475 e. The first-order valence-corrected chi connectivity index (χ1v) is 10.9. The topological polar surface area (TPSA) is 143 Å². The number of hydrogen-bond donors (Lipinski definition) is 2. The second-order valence-corrected chi connectivity index (χ2v) is 8.16. The van der Waals surface area contributed by atoms with Gasteiger partial charge in [-0.2, -0.15) is 26.3 Å². The van der Waals surface area contributed by atoms with Gasteiger partial charge < -0.3 is 29.0 Å². The van der Waals surface area contributed by atoms with Crippen molar-refractivity contribution in [3.8, 4) is 0 Å². The molecule has 2 fully saturated rings. The number of alkyl halides is 6. The van der Waals surface area contributed by atoms with Gasteiger partial charge in [-0.1, -0.05) is 0 Å². The number of aliphatic carboxylic acids is 2. The van der Waals surface area contributed by atoms with Gasteiger partial charge in [0.2, 0.25) is 0 Å². The molecule has 17 heteroatoms. The Balaban J connectivity index is 0.000000317. The Morgan fingerprint density at radius 1 is 1.05 bits per heavy atom. The number of carbonyl (C=O) groups excluding carboxylic acids is 1. The Hall–Kier alpha value is -3.70. The molecule has 0 saturated carbocycles. The molecule has 39 heavy (non-hydrogen) atoms. The molecule has 1 spiro atoms. The zero-order chi connectivity index (χ0) is 29.3. The smallest absolute Gasteiger partial charge is 0.475 e. The minimum absolute atomic E-state index is 0.0516. The molecule has 4 heterocycles. The van der Waals surface area contributed by atoms with E-state index in [4.69, 9.17) is 33.7 Å². The van der Waals surface area contributed by atoms with Crippen molar-refractivity contribution >= 4 is 23.5 Å². The van der Waals surface area contributed by atoms with Crippen molar-refractivity contribution in [1.29, 1.82) is 0 Å². The van der Waals surface area contributed by atoms with Crippen molar-refractivity contribution in [3.63, 3.8) is 0 Å². The van der Waals surface area contributed by atoms with Crippen LogP contribution in [0.1, 0.15) is 5.56 Å². The molecule has 1 atom stereocenters. The van der Waals surface area contributed by atoms with E-state index in [1.165, 1.54) is 0 Å². The number of aromatic nitrogens is 1. The van der Waals surface area contributed by atoms with Gasteiger partial charge in [-0.05, 0) is 18.2 Å². The molecule has 2 aliphatic heterocycles. The van der Waals surface area contributed by atoms with Gasteiger partial charge in [-0.15, -0.1) is 0 Å². The third-order valence-electron chi connectivity index (χ3n) is 5.11. The van der Waals surface area contributed by atoms with Crippen molar-refractivity contribution in [1.82, 2.24) is 9.88 Å². The van der Waals surface area contributed by atoms with Crippen LogP contribution in [0.25, 0.3) is 0 Å². The summed E-state index contributed by atoms with van der Waals surface area (Å²) in [6.07, 6.45) is -3.33. The van der Waals surface area contributed by atoms with Crippen LogP contribution in [0.3, 0.4) is 0 Å². The number of carboxylic acid groups (broad SMARTS) is 2. The van der Waals surface area contributed by atoms with Crippen molar-refractivity contribution in [3.05, 3.63) is 48.7 Å². The highest BCUT2D eigenvalue weighted by atomic mass is 19.4. The highest BCUT2D eigenvalue weighted by Gasteiger charge is 2.43. The molecule has 1 unspecified atom stereocenters. The summed E-state index contributed by atoms with van der Waals surface area (Å²) in [4.78, 5) is 38.3. The zero-order valence-electron chi connectivity index (χ0n) is 19.9. The van der Waals surface area contributed by atoms with Crippen molar-refractivity contribution in [2.45, 2.75) is 24.5 Å². The molecule has 0 bridgehead atoms. The molecule has 11 nitrogen and oxygen atoms in total. The number of hydrogen-bond acceptors (Lipinski definition) is 8. The second-order valence-electron chi connectivity index (χ2n) is 8.16. The summed E-state index contributed by atoms with van der Waals surface area (Å²) in [6, 6.07) is 5.69. The second kappa shape index (κ2) is 13.4. The zero-order valence-corrected chi connectivity index (χ0v) is 19.9. The van der Waals surface area contributed by atoms with Crippen LogP contribution in [0.2, 0.25) is 0 Å².